The lowest BCUT2D eigenvalue weighted by atomic mass is 10.1. The number of nitrogens with one attached hydrogen (secondary N) is 1. The largest absolute Gasteiger partial charge is 0.472 e. The van der Waals surface area contributed by atoms with Gasteiger partial charge in [-0.25, -0.2) is 4.63 Å². The summed E-state index contributed by atoms with van der Waals surface area (Å²) >= 11 is 0. The molecule has 0 saturated carbocycles. The van der Waals surface area contributed by atoms with E-state index in [2.05, 4.69) is 20.3 Å². The first kappa shape index (κ1) is 17.2. The molecular formula is C16H21N5O4. The molecule has 1 fully saturated rings. The fourth-order valence-electron chi connectivity index (χ4n) is 2.82. The highest BCUT2D eigenvalue weighted by Gasteiger charge is 2.32. The molecule has 2 amide bonds. The van der Waals surface area contributed by atoms with Crippen LogP contribution in [0.4, 0.5) is 0 Å². The molecule has 25 heavy (non-hydrogen) atoms. The maximum absolute atomic E-state index is 12.6. The number of amides is 2. The maximum atomic E-state index is 12.6. The molecule has 1 saturated heterocycles. The van der Waals surface area contributed by atoms with Gasteiger partial charge in [-0.15, -0.1) is 0 Å². The minimum absolute atomic E-state index is 0.102. The molecule has 0 bridgehead atoms. The summed E-state index contributed by atoms with van der Waals surface area (Å²) in [5.41, 5.74) is 2.24. The molecule has 3 rings (SSSR count). The van der Waals surface area contributed by atoms with Gasteiger partial charge in [0.25, 0.3) is 0 Å². The van der Waals surface area contributed by atoms with Gasteiger partial charge in [0, 0.05) is 32.2 Å². The van der Waals surface area contributed by atoms with E-state index in [1.807, 2.05) is 11.0 Å². The van der Waals surface area contributed by atoms with Gasteiger partial charge in [0.2, 0.25) is 11.8 Å². The van der Waals surface area contributed by atoms with Crippen molar-refractivity contribution in [3.8, 4) is 0 Å². The quantitative estimate of drug-likeness (QED) is 0.802. The van der Waals surface area contributed by atoms with E-state index in [4.69, 9.17) is 4.42 Å². The second-order valence-corrected chi connectivity index (χ2v) is 6.16. The van der Waals surface area contributed by atoms with E-state index in [0.29, 0.717) is 37.6 Å². The zero-order valence-electron chi connectivity index (χ0n) is 14.3. The summed E-state index contributed by atoms with van der Waals surface area (Å²) in [7, 11) is 1.68. The summed E-state index contributed by atoms with van der Waals surface area (Å²) in [6.45, 7) is 3.89. The average Bonchev–Trinajstić information content (AvgIpc) is 3.23. The summed E-state index contributed by atoms with van der Waals surface area (Å²) in [5, 5.41) is 10.3. The number of piperazine rings is 1. The molecule has 1 N–H and O–H groups in total. The molecule has 0 spiro atoms. The molecule has 1 aliphatic rings. The van der Waals surface area contributed by atoms with Crippen molar-refractivity contribution in [2.45, 2.75) is 32.5 Å². The fraction of sp³-hybridized carbons (Fsp3) is 0.500. The zero-order chi connectivity index (χ0) is 17.8. The molecule has 3 heterocycles. The van der Waals surface area contributed by atoms with Crippen LogP contribution in [0.5, 0.6) is 0 Å². The van der Waals surface area contributed by atoms with Gasteiger partial charge in [-0.05, 0) is 13.0 Å². The number of hydrogen-bond acceptors (Lipinski definition) is 7. The maximum Gasteiger partial charge on any atom is 0.237 e. The highest BCUT2D eigenvalue weighted by atomic mass is 16.6. The molecule has 0 aromatic carbocycles. The van der Waals surface area contributed by atoms with Crippen molar-refractivity contribution < 1.29 is 18.6 Å². The van der Waals surface area contributed by atoms with Crippen molar-refractivity contribution in [2.24, 2.45) is 0 Å². The first-order chi connectivity index (χ1) is 12.0. The number of aryl methyl sites for hydroxylation is 1. The lowest BCUT2D eigenvalue weighted by molar-refractivity contribution is -0.138. The van der Waals surface area contributed by atoms with Crippen LogP contribution >= 0.6 is 0 Å². The SMILES string of the molecule is Cc1nonc1CN(C)C(=O)CC1C(=O)NCCN1Cc1ccoc1. The molecule has 0 radical (unpaired) electrons. The Hall–Kier alpha value is -2.68. The van der Waals surface area contributed by atoms with Crippen molar-refractivity contribution in [2.75, 3.05) is 20.1 Å². The zero-order valence-corrected chi connectivity index (χ0v) is 14.3. The minimum atomic E-state index is -0.505. The Kier molecular flexibility index (Phi) is 5.13. The molecule has 2 aromatic rings. The second kappa shape index (κ2) is 7.47. The third kappa shape index (κ3) is 4.05. The highest BCUT2D eigenvalue weighted by molar-refractivity contribution is 5.88. The van der Waals surface area contributed by atoms with Crippen LogP contribution in [0, 0.1) is 6.92 Å². The van der Waals surface area contributed by atoms with Gasteiger partial charge in [-0.2, -0.15) is 0 Å². The number of nitrogens with zero attached hydrogens (tertiary/aromatic N) is 4. The number of aromatic nitrogens is 2. The van der Waals surface area contributed by atoms with Crippen LogP contribution in [0.15, 0.2) is 27.6 Å². The molecule has 1 unspecified atom stereocenters. The van der Waals surface area contributed by atoms with E-state index < -0.39 is 6.04 Å². The van der Waals surface area contributed by atoms with Crippen molar-refractivity contribution in [3.63, 3.8) is 0 Å². The number of carbonyl (C=O) groups is 2. The number of rotatable bonds is 6. The number of hydrogen-bond donors (Lipinski definition) is 1. The van der Waals surface area contributed by atoms with Gasteiger partial charge in [-0.1, -0.05) is 10.3 Å². The van der Waals surface area contributed by atoms with Gasteiger partial charge in [0.05, 0.1) is 31.5 Å². The number of carbonyl (C=O) groups excluding carboxylic acids is 2. The third-order valence-electron chi connectivity index (χ3n) is 4.33. The first-order valence-electron chi connectivity index (χ1n) is 8.09. The van der Waals surface area contributed by atoms with Crippen LogP contribution in [0.2, 0.25) is 0 Å². The van der Waals surface area contributed by atoms with Crippen LogP contribution in [0.3, 0.4) is 0 Å². The van der Waals surface area contributed by atoms with E-state index in [0.717, 1.165) is 5.56 Å². The molecule has 9 nitrogen and oxygen atoms in total. The monoisotopic (exact) mass is 347 g/mol. The van der Waals surface area contributed by atoms with Crippen LogP contribution in [0.25, 0.3) is 0 Å². The second-order valence-electron chi connectivity index (χ2n) is 6.16. The number of furan rings is 1. The van der Waals surface area contributed by atoms with E-state index in [1.54, 1.807) is 26.5 Å². The highest BCUT2D eigenvalue weighted by Crippen LogP contribution is 2.16. The molecule has 1 aliphatic heterocycles. The summed E-state index contributed by atoms with van der Waals surface area (Å²) in [6.07, 6.45) is 3.35. The average molecular weight is 347 g/mol. The summed E-state index contributed by atoms with van der Waals surface area (Å²) < 4.78 is 9.73. The van der Waals surface area contributed by atoms with Gasteiger partial charge in [0.15, 0.2) is 0 Å². The van der Waals surface area contributed by atoms with E-state index in [-0.39, 0.29) is 18.2 Å². The molecule has 1 atom stereocenters. The molecule has 2 aromatic heterocycles. The van der Waals surface area contributed by atoms with Crippen molar-refractivity contribution in [1.29, 1.82) is 0 Å². The molecule has 0 aliphatic carbocycles. The summed E-state index contributed by atoms with van der Waals surface area (Å²) in [6, 6.07) is 1.35. The van der Waals surface area contributed by atoms with Crippen LogP contribution in [0.1, 0.15) is 23.4 Å². The predicted molar refractivity (Wildman–Crippen MR) is 86.0 cm³/mol. The van der Waals surface area contributed by atoms with Crippen LogP contribution < -0.4 is 5.32 Å². The van der Waals surface area contributed by atoms with Crippen molar-refractivity contribution in [3.05, 3.63) is 35.5 Å². The fourth-order valence-corrected chi connectivity index (χ4v) is 2.82. The lowest BCUT2D eigenvalue weighted by Gasteiger charge is -2.35. The van der Waals surface area contributed by atoms with Crippen LogP contribution in [-0.2, 0) is 22.7 Å². The molecule has 134 valence electrons. The Morgan fingerprint density at radius 2 is 2.32 bits per heavy atom. The Morgan fingerprint density at radius 3 is 3.00 bits per heavy atom. The van der Waals surface area contributed by atoms with Crippen molar-refractivity contribution in [1.82, 2.24) is 25.4 Å². The third-order valence-corrected chi connectivity index (χ3v) is 4.33. The van der Waals surface area contributed by atoms with E-state index in [9.17, 15) is 9.59 Å². The minimum Gasteiger partial charge on any atom is -0.472 e. The summed E-state index contributed by atoms with van der Waals surface area (Å²) in [4.78, 5) is 28.4. The normalized spacial score (nSPS) is 18.2. The Morgan fingerprint density at radius 1 is 1.48 bits per heavy atom. The van der Waals surface area contributed by atoms with Gasteiger partial charge < -0.3 is 14.6 Å². The van der Waals surface area contributed by atoms with E-state index >= 15 is 0 Å². The van der Waals surface area contributed by atoms with Crippen LogP contribution in [-0.4, -0.2) is 58.1 Å². The van der Waals surface area contributed by atoms with Crippen molar-refractivity contribution >= 4 is 11.8 Å². The van der Waals surface area contributed by atoms with E-state index in [1.165, 1.54) is 4.90 Å². The Labute approximate surface area is 144 Å². The predicted octanol–water partition coefficient (Wildman–Crippen LogP) is 0.320. The van der Waals surface area contributed by atoms with Gasteiger partial charge in [-0.3, -0.25) is 14.5 Å². The first-order valence-corrected chi connectivity index (χ1v) is 8.09. The summed E-state index contributed by atoms with van der Waals surface area (Å²) in [5.74, 6) is -0.266. The molecular weight excluding hydrogens is 326 g/mol. The molecule has 9 heteroatoms. The standard InChI is InChI=1S/C16H21N5O4/c1-11-13(19-25-18-11)9-20(2)15(22)7-14-16(23)17-4-5-21(14)8-12-3-6-24-10-12/h3,6,10,14H,4-5,7-9H2,1-2H3,(H,17,23). The Bertz CT molecular complexity index is 727. The Balaban J connectivity index is 1.64. The topological polar surface area (TPSA) is 105 Å². The lowest BCUT2D eigenvalue weighted by Crippen LogP contribution is -2.56. The smallest absolute Gasteiger partial charge is 0.237 e. The van der Waals surface area contributed by atoms with Gasteiger partial charge in [0.1, 0.15) is 11.4 Å². The van der Waals surface area contributed by atoms with Gasteiger partial charge >= 0.3 is 0 Å².